The lowest BCUT2D eigenvalue weighted by Gasteiger charge is -2.20. The number of hydrogen-bond donors (Lipinski definition) is 1. The van der Waals surface area contributed by atoms with Crippen molar-refractivity contribution in [3.63, 3.8) is 0 Å². The van der Waals surface area contributed by atoms with Crippen LogP contribution in [0.1, 0.15) is 30.4 Å². The number of nitriles is 1. The largest absolute Gasteiger partial charge is 0.485 e. The summed E-state index contributed by atoms with van der Waals surface area (Å²) in [4.78, 5) is 11.3. The van der Waals surface area contributed by atoms with E-state index in [0.717, 1.165) is 24.0 Å². The molecule has 1 atom stereocenters. The molecule has 1 aromatic carbocycles. The van der Waals surface area contributed by atoms with Gasteiger partial charge in [0.1, 0.15) is 11.9 Å². The smallest absolute Gasteiger partial charge is 0.332 e. The first-order valence-corrected chi connectivity index (χ1v) is 5.88. The van der Waals surface area contributed by atoms with E-state index >= 15 is 0 Å². The number of carboxylic acid groups (broad SMARTS) is 1. The van der Waals surface area contributed by atoms with Crippen molar-refractivity contribution in [1.82, 2.24) is 0 Å². The van der Waals surface area contributed by atoms with E-state index in [9.17, 15) is 9.90 Å². The van der Waals surface area contributed by atoms with Crippen LogP contribution in [-0.2, 0) is 4.79 Å². The highest BCUT2D eigenvalue weighted by molar-refractivity contribution is 5.99. The number of carbonyl (C=O) groups is 1. The summed E-state index contributed by atoms with van der Waals surface area (Å²) in [7, 11) is 0. The molecule has 4 nitrogen and oxygen atoms in total. The summed E-state index contributed by atoms with van der Waals surface area (Å²) in [6.07, 6.45) is 2.08. The summed E-state index contributed by atoms with van der Waals surface area (Å²) >= 11 is 0. The third kappa shape index (κ3) is 1.48. The maximum atomic E-state index is 11.3. The number of rotatable bonds is 1. The van der Waals surface area contributed by atoms with Gasteiger partial charge in [-0.05, 0) is 37.5 Å². The molecule has 1 heterocycles. The lowest BCUT2D eigenvalue weighted by molar-refractivity contribution is -0.132. The molecular formula is C14H11NO3. The third-order valence-corrected chi connectivity index (χ3v) is 3.47. The van der Waals surface area contributed by atoms with Crippen molar-refractivity contribution in [2.24, 2.45) is 0 Å². The molecule has 0 spiro atoms. The minimum absolute atomic E-state index is 0.159. The van der Waals surface area contributed by atoms with E-state index in [1.165, 1.54) is 0 Å². The molecule has 1 unspecified atom stereocenters. The predicted octanol–water partition coefficient (Wildman–Crippen LogP) is 2.34. The second kappa shape index (κ2) is 3.88. The first-order valence-electron chi connectivity index (χ1n) is 5.88. The SMILES string of the molecule is N#Cc1ccc2c(c1)C1=C(C(=O)O)CCCC1O2. The Morgan fingerprint density at radius 1 is 1.50 bits per heavy atom. The second-order valence-electron chi connectivity index (χ2n) is 4.52. The second-order valence-corrected chi connectivity index (χ2v) is 4.52. The van der Waals surface area contributed by atoms with Gasteiger partial charge in [-0.1, -0.05) is 0 Å². The Hall–Kier alpha value is -2.28. The topological polar surface area (TPSA) is 70.3 Å². The Kier molecular flexibility index (Phi) is 2.34. The van der Waals surface area contributed by atoms with Gasteiger partial charge in [0, 0.05) is 16.7 Å². The molecule has 0 aromatic heterocycles. The summed E-state index contributed by atoms with van der Waals surface area (Å²) in [5, 5.41) is 18.2. The molecule has 3 rings (SSSR count). The monoisotopic (exact) mass is 241 g/mol. The summed E-state index contributed by atoms with van der Waals surface area (Å²) in [6.45, 7) is 0. The zero-order valence-corrected chi connectivity index (χ0v) is 9.64. The highest BCUT2D eigenvalue weighted by atomic mass is 16.5. The fourth-order valence-electron chi connectivity index (χ4n) is 2.68. The van der Waals surface area contributed by atoms with E-state index in [0.29, 0.717) is 23.3 Å². The van der Waals surface area contributed by atoms with E-state index in [2.05, 4.69) is 6.07 Å². The van der Waals surface area contributed by atoms with Gasteiger partial charge < -0.3 is 9.84 Å². The van der Waals surface area contributed by atoms with Gasteiger partial charge in [0.15, 0.2) is 0 Å². The average Bonchev–Trinajstić information content (AvgIpc) is 2.75. The molecule has 0 saturated carbocycles. The van der Waals surface area contributed by atoms with Gasteiger partial charge in [-0.3, -0.25) is 0 Å². The van der Waals surface area contributed by atoms with Crippen LogP contribution in [0, 0.1) is 11.3 Å². The van der Waals surface area contributed by atoms with Crippen LogP contribution in [0.3, 0.4) is 0 Å². The Balaban J connectivity index is 2.21. The van der Waals surface area contributed by atoms with Crippen molar-refractivity contribution in [1.29, 1.82) is 5.26 Å². The first-order chi connectivity index (χ1) is 8.70. The molecule has 0 bridgehead atoms. The summed E-state index contributed by atoms with van der Waals surface area (Å²) < 4.78 is 5.76. The fraction of sp³-hybridized carbons (Fsp3) is 0.286. The average molecular weight is 241 g/mol. The number of nitrogens with zero attached hydrogens (tertiary/aromatic N) is 1. The third-order valence-electron chi connectivity index (χ3n) is 3.47. The normalized spacial score (nSPS) is 20.7. The van der Waals surface area contributed by atoms with Crippen molar-refractivity contribution in [2.45, 2.75) is 25.4 Å². The van der Waals surface area contributed by atoms with Gasteiger partial charge in [0.25, 0.3) is 0 Å². The molecule has 4 heteroatoms. The van der Waals surface area contributed by atoms with Gasteiger partial charge in [-0.2, -0.15) is 5.26 Å². The minimum atomic E-state index is -0.881. The number of carboxylic acids is 1. The van der Waals surface area contributed by atoms with E-state index in [-0.39, 0.29) is 6.10 Å². The van der Waals surface area contributed by atoms with Crippen molar-refractivity contribution in [3.05, 3.63) is 34.9 Å². The molecular weight excluding hydrogens is 230 g/mol. The van der Waals surface area contributed by atoms with Crippen LogP contribution >= 0.6 is 0 Å². The van der Waals surface area contributed by atoms with Crippen LogP contribution in [0.2, 0.25) is 0 Å². The standard InChI is InChI=1S/C14H11NO3/c15-7-8-4-5-11-10(6-8)13-9(14(16)17)2-1-3-12(13)18-11/h4-6,12H,1-3H2,(H,16,17). The number of fused-ring (bicyclic) bond motifs is 3. The highest BCUT2D eigenvalue weighted by Crippen LogP contribution is 2.44. The molecule has 1 aromatic rings. The van der Waals surface area contributed by atoms with Gasteiger partial charge in [0.05, 0.1) is 11.6 Å². The lowest BCUT2D eigenvalue weighted by atomic mass is 9.86. The first kappa shape index (κ1) is 10.8. The summed E-state index contributed by atoms with van der Waals surface area (Å²) in [5.74, 6) is -0.192. The lowest BCUT2D eigenvalue weighted by Crippen LogP contribution is -2.20. The van der Waals surface area contributed by atoms with Gasteiger partial charge in [-0.25, -0.2) is 4.79 Å². The van der Waals surface area contributed by atoms with E-state index in [4.69, 9.17) is 10.00 Å². The number of hydrogen-bond acceptors (Lipinski definition) is 3. The van der Waals surface area contributed by atoms with Crippen LogP contribution in [0.4, 0.5) is 0 Å². The summed E-state index contributed by atoms with van der Waals surface area (Å²) in [5.41, 5.74) is 2.50. The molecule has 0 saturated heterocycles. The number of ether oxygens (including phenoxy) is 1. The number of aliphatic carboxylic acids is 1. The predicted molar refractivity (Wildman–Crippen MR) is 64.0 cm³/mol. The molecule has 18 heavy (non-hydrogen) atoms. The van der Waals surface area contributed by atoms with Crippen molar-refractivity contribution in [2.75, 3.05) is 0 Å². The van der Waals surface area contributed by atoms with Gasteiger partial charge >= 0.3 is 5.97 Å². The fourth-order valence-corrected chi connectivity index (χ4v) is 2.68. The Morgan fingerprint density at radius 3 is 3.06 bits per heavy atom. The van der Waals surface area contributed by atoms with Crippen LogP contribution in [0.25, 0.3) is 5.57 Å². The molecule has 1 aliphatic carbocycles. The maximum Gasteiger partial charge on any atom is 0.332 e. The van der Waals surface area contributed by atoms with Crippen molar-refractivity contribution >= 4 is 11.5 Å². The summed E-state index contributed by atoms with van der Waals surface area (Å²) in [6, 6.07) is 7.23. The van der Waals surface area contributed by atoms with Crippen LogP contribution in [0.15, 0.2) is 23.8 Å². The van der Waals surface area contributed by atoms with E-state index in [1.807, 2.05) is 0 Å². The van der Waals surface area contributed by atoms with Gasteiger partial charge in [-0.15, -0.1) is 0 Å². The Labute approximate surface area is 104 Å². The molecule has 90 valence electrons. The van der Waals surface area contributed by atoms with Crippen LogP contribution in [0.5, 0.6) is 5.75 Å². The van der Waals surface area contributed by atoms with Gasteiger partial charge in [0.2, 0.25) is 0 Å². The van der Waals surface area contributed by atoms with E-state index in [1.54, 1.807) is 18.2 Å². The zero-order chi connectivity index (χ0) is 12.7. The molecule has 1 N–H and O–H groups in total. The molecule has 0 radical (unpaired) electrons. The van der Waals surface area contributed by atoms with E-state index < -0.39 is 5.97 Å². The maximum absolute atomic E-state index is 11.3. The minimum Gasteiger partial charge on any atom is -0.485 e. The van der Waals surface area contributed by atoms with Crippen molar-refractivity contribution in [3.8, 4) is 11.8 Å². The number of benzene rings is 1. The van der Waals surface area contributed by atoms with Crippen LogP contribution in [-0.4, -0.2) is 17.2 Å². The quantitative estimate of drug-likeness (QED) is 0.819. The van der Waals surface area contributed by atoms with Crippen molar-refractivity contribution < 1.29 is 14.6 Å². The Bertz CT molecular complexity index is 610. The van der Waals surface area contributed by atoms with Crippen LogP contribution < -0.4 is 4.74 Å². The zero-order valence-electron chi connectivity index (χ0n) is 9.64. The Morgan fingerprint density at radius 2 is 2.33 bits per heavy atom. The molecule has 2 aliphatic rings. The highest BCUT2D eigenvalue weighted by Gasteiger charge is 2.35. The molecule has 0 amide bonds. The molecule has 0 fully saturated rings. The molecule has 1 aliphatic heterocycles.